The SMILES string of the molecule is COc1ccccc1CN1C(=O)[C@@H]2[C@@H]([C@@H](C)O)N[C@]3(C(=O)Nc4c3ccc(Cl)c4C)[C@@H]2C1=O. The molecule has 3 N–H and O–H groups in total. The molecule has 0 aromatic heterocycles. The number of aliphatic hydroxyl groups excluding tert-OH is 1. The fraction of sp³-hybridized carbons (Fsp3) is 0.375. The van der Waals surface area contributed by atoms with Crippen molar-refractivity contribution in [3.8, 4) is 5.75 Å². The van der Waals surface area contributed by atoms with Crippen LogP contribution < -0.4 is 15.4 Å². The molecule has 5 rings (SSSR count). The first kappa shape index (κ1) is 21.9. The maximum atomic E-state index is 13.8. The van der Waals surface area contributed by atoms with Gasteiger partial charge >= 0.3 is 0 Å². The van der Waals surface area contributed by atoms with E-state index in [1.54, 1.807) is 50.2 Å². The van der Waals surface area contributed by atoms with Gasteiger partial charge in [-0.05, 0) is 31.5 Å². The third kappa shape index (κ3) is 2.87. The van der Waals surface area contributed by atoms with E-state index < -0.39 is 47.2 Å². The predicted octanol–water partition coefficient (Wildman–Crippen LogP) is 1.96. The number of rotatable bonds is 4. The number of likely N-dealkylation sites (tertiary alicyclic amines) is 1. The van der Waals surface area contributed by atoms with Crippen LogP contribution in [0.5, 0.6) is 5.75 Å². The maximum absolute atomic E-state index is 13.8. The van der Waals surface area contributed by atoms with Gasteiger partial charge in [-0.2, -0.15) is 0 Å². The van der Waals surface area contributed by atoms with Gasteiger partial charge in [-0.25, -0.2) is 0 Å². The number of fused-ring (bicyclic) bond motifs is 4. The Kier molecular flexibility index (Phi) is 5.00. The van der Waals surface area contributed by atoms with Crippen molar-refractivity contribution in [3.63, 3.8) is 0 Å². The summed E-state index contributed by atoms with van der Waals surface area (Å²) in [5.41, 5.74) is 0.984. The van der Waals surface area contributed by atoms with Crippen molar-refractivity contribution >= 4 is 35.0 Å². The molecule has 2 fully saturated rings. The van der Waals surface area contributed by atoms with E-state index in [1.807, 2.05) is 0 Å². The number of methoxy groups -OCH3 is 1. The number of hydrogen-bond acceptors (Lipinski definition) is 6. The van der Waals surface area contributed by atoms with Crippen LogP contribution in [0.1, 0.15) is 23.6 Å². The summed E-state index contributed by atoms with van der Waals surface area (Å²) >= 11 is 6.27. The topological polar surface area (TPSA) is 108 Å². The zero-order valence-electron chi connectivity index (χ0n) is 18.4. The number of benzene rings is 2. The van der Waals surface area contributed by atoms with Gasteiger partial charge in [0.05, 0.1) is 37.3 Å². The van der Waals surface area contributed by atoms with Gasteiger partial charge in [0.2, 0.25) is 17.7 Å². The van der Waals surface area contributed by atoms with Crippen LogP contribution >= 0.6 is 11.6 Å². The van der Waals surface area contributed by atoms with Crippen molar-refractivity contribution in [1.82, 2.24) is 10.2 Å². The second kappa shape index (κ2) is 7.55. The van der Waals surface area contributed by atoms with Crippen molar-refractivity contribution in [2.45, 2.75) is 38.1 Å². The Bertz CT molecular complexity index is 1200. The third-order valence-corrected chi connectivity index (χ3v) is 7.56. The van der Waals surface area contributed by atoms with Gasteiger partial charge < -0.3 is 15.2 Å². The second-order valence-electron chi connectivity index (χ2n) is 8.85. The average Bonchev–Trinajstić information content (AvgIpc) is 3.38. The van der Waals surface area contributed by atoms with Crippen LogP contribution in [0.25, 0.3) is 0 Å². The summed E-state index contributed by atoms with van der Waals surface area (Å²) in [4.78, 5) is 42.0. The number of ether oxygens (including phenoxy) is 1. The molecule has 3 aliphatic rings. The summed E-state index contributed by atoms with van der Waals surface area (Å²) < 4.78 is 5.38. The van der Waals surface area contributed by atoms with E-state index in [0.29, 0.717) is 33.1 Å². The number of carbonyl (C=O) groups is 3. The molecule has 0 saturated carbocycles. The molecule has 9 heteroatoms. The van der Waals surface area contributed by atoms with Crippen LogP contribution in [0, 0.1) is 18.8 Å². The van der Waals surface area contributed by atoms with E-state index in [0.717, 1.165) is 0 Å². The molecule has 2 saturated heterocycles. The van der Waals surface area contributed by atoms with Crippen LogP contribution in [-0.4, -0.2) is 47.0 Å². The average molecular weight is 470 g/mol. The number of hydrogen-bond donors (Lipinski definition) is 3. The molecule has 0 aliphatic carbocycles. The number of aliphatic hydroxyl groups is 1. The highest BCUT2D eigenvalue weighted by molar-refractivity contribution is 6.32. The highest BCUT2D eigenvalue weighted by atomic mass is 35.5. The molecular formula is C24H24ClN3O5. The van der Waals surface area contributed by atoms with E-state index in [1.165, 1.54) is 12.0 Å². The smallest absolute Gasteiger partial charge is 0.250 e. The van der Waals surface area contributed by atoms with E-state index >= 15 is 0 Å². The molecule has 2 aromatic carbocycles. The molecule has 1 spiro atoms. The molecule has 3 amide bonds. The van der Waals surface area contributed by atoms with Crippen molar-refractivity contribution in [2.24, 2.45) is 11.8 Å². The molecule has 3 heterocycles. The molecule has 0 bridgehead atoms. The summed E-state index contributed by atoms with van der Waals surface area (Å²) in [5, 5.41) is 17.1. The van der Waals surface area contributed by atoms with Gasteiger partial charge in [0.1, 0.15) is 11.3 Å². The molecular weight excluding hydrogens is 446 g/mol. The van der Waals surface area contributed by atoms with Crippen molar-refractivity contribution < 1.29 is 24.2 Å². The number of anilines is 1. The number of carbonyl (C=O) groups excluding carboxylic acids is 3. The second-order valence-corrected chi connectivity index (χ2v) is 9.25. The van der Waals surface area contributed by atoms with Gasteiger partial charge in [-0.3, -0.25) is 24.6 Å². The van der Waals surface area contributed by atoms with Gasteiger partial charge in [-0.1, -0.05) is 35.9 Å². The molecule has 5 atom stereocenters. The van der Waals surface area contributed by atoms with E-state index in [-0.39, 0.29) is 6.54 Å². The van der Waals surface area contributed by atoms with Gasteiger partial charge in [-0.15, -0.1) is 0 Å². The fourth-order valence-corrected chi connectivity index (χ4v) is 5.71. The zero-order chi connectivity index (χ0) is 23.7. The molecule has 172 valence electrons. The monoisotopic (exact) mass is 469 g/mol. The standard InChI is InChI=1S/C24H24ClN3O5/c1-11-15(25)9-8-14-19(11)26-23(32)24(14)18-17(20(27-24)12(2)29)21(30)28(22(18)31)10-13-6-4-5-7-16(13)33-3/h4-9,12,17-18,20,27,29H,10H2,1-3H3,(H,26,32)/t12-,17+,18+,20-,24+/m1/s1. The minimum absolute atomic E-state index is 0.0193. The molecule has 3 aliphatic heterocycles. The number of para-hydroxylation sites is 1. The first-order chi connectivity index (χ1) is 15.7. The Morgan fingerprint density at radius 3 is 2.61 bits per heavy atom. The largest absolute Gasteiger partial charge is 0.496 e. The first-order valence-corrected chi connectivity index (χ1v) is 11.1. The normalized spacial score (nSPS) is 28.8. The predicted molar refractivity (Wildman–Crippen MR) is 121 cm³/mol. The summed E-state index contributed by atoms with van der Waals surface area (Å²) in [5.74, 6) is -2.63. The molecule has 8 nitrogen and oxygen atoms in total. The van der Waals surface area contributed by atoms with Gasteiger partial charge in [0.15, 0.2) is 0 Å². The minimum Gasteiger partial charge on any atom is -0.496 e. The lowest BCUT2D eigenvalue weighted by molar-refractivity contribution is -0.143. The van der Waals surface area contributed by atoms with Crippen LogP contribution in [-0.2, 0) is 26.5 Å². The lowest BCUT2D eigenvalue weighted by Crippen LogP contribution is -2.54. The summed E-state index contributed by atoms with van der Waals surface area (Å²) in [6.07, 6.45) is -0.968. The number of nitrogens with zero attached hydrogens (tertiary/aromatic N) is 1. The maximum Gasteiger partial charge on any atom is 0.250 e. The molecule has 33 heavy (non-hydrogen) atoms. The highest BCUT2D eigenvalue weighted by Crippen LogP contribution is 2.54. The molecule has 2 aromatic rings. The lowest BCUT2D eigenvalue weighted by Gasteiger charge is -2.30. The fourth-order valence-electron chi connectivity index (χ4n) is 5.55. The zero-order valence-corrected chi connectivity index (χ0v) is 19.1. The molecule has 0 radical (unpaired) electrons. The van der Waals surface area contributed by atoms with Crippen molar-refractivity contribution in [1.29, 1.82) is 0 Å². The Balaban J connectivity index is 1.63. The lowest BCUT2D eigenvalue weighted by atomic mass is 9.76. The Hall–Kier alpha value is -2.94. The Morgan fingerprint density at radius 1 is 1.18 bits per heavy atom. The van der Waals surface area contributed by atoms with E-state index in [2.05, 4.69) is 10.6 Å². The summed E-state index contributed by atoms with van der Waals surface area (Å²) in [6.45, 7) is 3.36. The Labute approximate surface area is 195 Å². The van der Waals surface area contributed by atoms with Crippen molar-refractivity contribution in [3.05, 3.63) is 58.1 Å². The number of halogens is 1. The van der Waals surface area contributed by atoms with E-state index in [9.17, 15) is 19.5 Å². The minimum atomic E-state index is -1.47. The van der Waals surface area contributed by atoms with Crippen LogP contribution in [0.3, 0.4) is 0 Å². The first-order valence-electron chi connectivity index (χ1n) is 10.8. The van der Waals surface area contributed by atoms with Crippen LogP contribution in [0.15, 0.2) is 36.4 Å². The Morgan fingerprint density at radius 2 is 1.91 bits per heavy atom. The number of amides is 3. The van der Waals surface area contributed by atoms with Crippen LogP contribution in [0.4, 0.5) is 5.69 Å². The number of imide groups is 1. The number of nitrogens with one attached hydrogen (secondary N) is 2. The third-order valence-electron chi connectivity index (χ3n) is 7.15. The van der Waals surface area contributed by atoms with E-state index in [4.69, 9.17) is 16.3 Å². The van der Waals surface area contributed by atoms with Crippen LogP contribution in [0.2, 0.25) is 5.02 Å². The summed E-state index contributed by atoms with van der Waals surface area (Å²) in [6, 6.07) is 9.77. The molecule has 0 unspecified atom stereocenters. The highest BCUT2D eigenvalue weighted by Gasteiger charge is 2.71. The van der Waals surface area contributed by atoms with Gasteiger partial charge in [0, 0.05) is 22.2 Å². The van der Waals surface area contributed by atoms with Gasteiger partial charge in [0.25, 0.3) is 0 Å². The quantitative estimate of drug-likeness (QED) is 0.591. The summed E-state index contributed by atoms with van der Waals surface area (Å²) in [7, 11) is 1.52. The van der Waals surface area contributed by atoms with Crippen molar-refractivity contribution in [2.75, 3.05) is 12.4 Å².